The number of benzene rings is 1. The SMILES string of the molecule is CN=C(NCC(=O)NC1CC1)N1CCC(Cc2ccccc2)C1. The molecule has 124 valence electrons. The Balaban J connectivity index is 1.45. The summed E-state index contributed by atoms with van der Waals surface area (Å²) in [5.41, 5.74) is 1.39. The molecule has 1 aliphatic carbocycles. The highest BCUT2D eigenvalue weighted by molar-refractivity contribution is 5.86. The summed E-state index contributed by atoms with van der Waals surface area (Å²) in [7, 11) is 1.78. The largest absolute Gasteiger partial charge is 0.352 e. The summed E-state index contributed by atoms with van der Waals surface area (Å²) in [5.74, 6) is 1.55. The van der Waals surface area contributed by atoms with E-state index < -0.39 is 0 Å². The first-order valence-corrected chi connectivity index (χ1v) is 8.53. The molecule has 1 saturated carbocycles. The molecule has 2 aliphatic rings. The maximum atomic E-state index is 11.8. The standard InChI is InChI=1S/C18H26N4O/c1-19-18(20-12-17(23)21-16-7-8-16)22-10-9-15(13-22)11-14-5-3-2-4-6-14/h2-6,15-16H,7-13H2,1H3,(H,19,20)(H,21,23). The Kier molecular flexibility index (Phi) is 5.16. The lowest BCUT2D eigenvalue weighted by molar-refractivity contribution is -0.120. The number of rotatable bonds is 5. The number of likely N-dealkylation sites (tertiary alicyclic amines) is 1. The van der Waals surface area contributed by atoms with Crippen LogP contribution in [0.25, 0.3) is 0 Å². The minimum absolute atomic E-state index is 0.0636. The minimum Gasteiger partial charge on any atom is -0.352 e. The number of nitrogens with zero attached hydrogens (tertiary/aromatic N) is 2. The maximum Gasteiger partial charge on any atom is 0.239 e. The number of hydrogen-bond acceptors (Lipinski definition) is 2. The second-order valence-corrected chi connectivity index (χ2v) is 6.53. The smallest absolute Gasteiger partial charge is 0.239 e. The van der Waals surface area contributed by atoms with Crippen LogP contribution < -0.4 is 10.6 Å². The molecule has 0 radical (unpaired) electrons. The van der Waals surface area contributed by atoms with E-state index in [1.807, 2.05) is 0 Å². The van der Waals surface area contributed by atoms with Crippen molar-refractivity contribution in [2.45, 2.75) is 31.7 Å². The molecule has 1 aromatic rings. The van der Waals surface area contributed by atoms with Gasteiger partial charge in [0, 0.05) is 26.2 Å². The summed E-state index contributed by atoms with van der Waals surface area (Å²) in [6.07, 6.45) is 4.52. The summed E-state index contributed by atoms with van der Waals surface area (Å²) in [6.45, 7) is 2.31. The molecular weight excluding hydrogens is 288 g/mol. The third-order valence-corrected chi connectivity index (χ3v) is 4.51. The number of carbonyl (C=O) groups excluding carboxylic acids is 1. The highest BCUT2D eigenvalue weighted by Gasteiger charge is 2.26. The molecule has 0 aromatic heterocycles. The van der Waals surface area contributed by atoms with Crippen LogP contribution in [0, 0.1) is 5.92 Å². The molecule has 1 aliphatic heterocycles. The van der Waals surface area contributed by atoms with E-state index in [1.165, 1.54) is 12.0 Å². The molecule has 5 heteroatoms. The normalized spacial score (nSPS) is 21.3. The van der Waals surface area contributed by atoms with Crippen molar-refractivity contribution >= 4 is 11.9 Å². The zero-order chi connectivity index (χ0) is 16.1. The predicted molar refractivity (Wildman–Crippen MR) is 92.4 cm³/mol. The third-order valence-electron chi connectivity index (χ3n) is 4.51. The van der Waals surface area contributed by atoms with Crippen molar-refractivity contribution in [1.29, 1.82) is 0 Å². The maximum absolute atomic E-state index is 11.8. The van der Waals surface area contributed by atoms with Gasteiger partial charge in [-0.1, -0.05) is 30.3 Å². The fourth-order valence-corrected chi connectivity index (χ4v) is 3.14. The van der Waals surface area contributed by atoms with Crippen LogP contribution in [0.1, 0.15) is 24.8 Å². The Morgan fingerprint density at radius 2 is 2.04 bits per heavy atom. The quantitative estimate of drug-likeness (QED) is 0.638. The van der Waals surface area contributed by atoms with Gasteiger partial charge in [0.2, 0.25) is 5.91 Å². The lowest BCUT2D eigenvalue weighted by Crippen LogP contribution is -2.45. The molecule has 2 fully saturated rings. The minimum atomic E-state index is 0.0636. The van der Waals surface area contributed by atoms with Gasteiger partial charge >= 0.3 is 0 Å². The fourth-order valence-electron chi connectivity index (χ4n) is 3.14. The number of hydrogen-bond donors (Lipinski definition) is 2. The number of guanidine groups is 1. The van der Waals surface area contributed by atoms with Crippen LogP contribution in [-0.2, 0) is 11.2 Å². The van der Waals surface area contributed by atoms with Crippen LogP contribution in [0.3, 0.4) is 0 Å². The molecular formula is C18H26N4O. The van der Waals surface area contributed by atoms with E-state index >= 15 is 0 Å². The summed E-state index contributed by atoms with van der Waals surface area (Å²) >= 11 is 0. The number of carbonyl (C=O) groups is 1. The average Bonchev–Trinajstić information content (AvgIpc) is 3.26. The average molecular weight is 314 g/mol. The molecule has 1 heterocycles. The topological polar surface area (TPSA) is 56.7 Å². The summed E-state index contributed by atoms with van der Waals surface area (Å²) < 4.78 is 0. The molecule has 5 nitrogen and oxygen atoms in total. The zero-order valence-electron chi connectivity index (χ0n) is 13.8. The Morgan fingerprint density at radius 1 is 1.26 bits per heavy atom. The monoisotopic (exact) mass is 314 g/mol. The van der Waals surface area contributed by atoms with Gasteiger partial charge in [0.25, 0.3) is 0 Å². The highest BCUT2D eigenvalue weighted by Crippen LogP contribution is 2.21. The van der Waals surface area contributed by atoms with Crippen LogP contribution >= 0.6 is 0 Å². The van der Waals surface area contributed by atoms with Crippen molar-refractivity contribution in [2.75, 3.05) is 26.7 Å². The second kappa shape index (κ2) is 7.49. The van der Waals surface area contributed by atoms with E-state index in [2.05, 4.69) is 50.9 Å². The molecule has 0 bridgehead atoms. The number of nitrogens with one attached hydrogen (secondary N) is 2. The molecule has 1 saturated heterocycles. The van der Waals surface area contributed by atoms with Gasteiger partial charge in [-0.25, -0.2) is 0 Å². The van der Waals surface area contributed by atoms with E-state index in [-0.39, 0.29) is 5.91 Å². The predicted octanol–water partition coefficient (Wildman–Crippen LogP) is 1.41. The Bertz CT molecular complexity index is 553. The second-order valence-electron chi connectivity index (χ2n) is 6.53. The van der Waals surface area contributed by atoms with Crippen LogP contribution in [0.5, 0.6) is 0 Å². The highest BCUT2D eigenvalue weighted by atomic mass is 16.2. The summed E-state index contributed by atoms with van der Waals surface area (Å²) in [5, 5.41) is 6.18. The molecule has 2 N–H and O–H groups in total. The zero-order valence-corrected chi connectivity index (χ0v) is 13.8. The molecule has 1 amide bonds. The lowest BCUT2D eigenvalue weighted by atomic mass is 9.99. The molecule has 0 spiro atoms. The van der Waals surface area contributed by atoms with E-state index in [0.717, 1.165) is 38.3 Å². The van der Waals surface area contributed by atoms with E-state index in [9.17, 15) is 4.79 Å². The van der Waals surface area contributed by atoms with Gasteiger partial charge in [0.15, 0.2) is 5.96 Å². The first-order chi connectivity index (χ1) is 11.2. The van der Waals surface area contributed by atoms with Gasteiger partial charge in [-0.15, -0.1) is 0 Å². The lowest BCUT2D eigenvalue weighted by Gasteiger charge is -2.21. The molecule has 23 heavy (non-hydrogen) atoms. The van der Waals surface area contributed by atoms with Gasteiger partial charge < -0.3 is 15.5 Å². The van der Waals surface area contributed by atoms with Crippen molar-refractivity contribution in [3.63, 3.8) is 0 Å². The van der Waals surface area contributed by atoms with Crippen LogP contribution in [0.2, 0.25) is 0 Å². The van der Waals surface area contributed by atoms with Crippen molar-refractivity contribution in [3.8, 4) is 0 Å². The Morgan fingerprint density at radius 3 is 2.74 bits per heavy atom. The van der Waals surface area contributed by atoms with E-state index in [4.69, 9.17) is 0 Å². The van der Waals surface area contributed by atoms with Gasteiger partial charge in [-0.2, -0.15) is 0 Å². The first-order valence-electron chi connectivity index (χ1n) is 8.53. The number of amides is 1. The van der Waals surface area contributed by atoms with Gasteiger partial charge in [0.1, 0.15) is 0 Å². The molecule has 1 atom stereocenters. The van der Waals surface area contributed by atoms with Gasteiger partial charge in [-0.05, 0) is 37.2 Å². The molecule has 1 aromatic carbocycles. The van der Waals surface area contributed by atoms with Crippen molar-refractivity contribution < 1.29 is 4.79 Å². The summed E-state index contributed by atoms with van der Waals surface area (Å²) in [4.78, 5) is 18.4. The first kappa shape index (κ1) is 15.8. The third kappa shape index (κ3) is 4.71. The van der Waals surface area contributed by atoms with Crippen molar-refractivity contribution in [1.82, 2.24) is 15.5 Å². The molecule has 1 unspecified atom stereocenters. The Hall–Kier alpha value is -2.04. The van der Waals surface area contributed by atoms with Crippen molar-refractivity contribution in [3.05, 3.63) is 35.9 Å². The van der Waals surface area contributed by atoms with Crippen LogP contribution in [0.15, 0.2) is 35.3 Å². The van der Waals surface area contributed by atoms with E-state index in [0.29, 0.717) is 18.5 Å². The van der Waals surface area contributed by atoms with Gasteiger partial charge in [-0.3, -0.25) is 9.79 Å². The Labute approximate surface area is 138 Å². The van der Waals surface area contributed by atoms with Crippen molar-refractivity contribution in [2.24, 2.45) is 10.9 Å². The number of aliphatic imine (C=N–C) groups is 1. The summed E-state index contributed by atoms with van der Waals surface area (Å²) in [6, 6.07) is 11.1. The van der Waals surface area contributed by atoms with Crippen LogP contribution in [0.4, 0.5) is 0 Å². The van der Waals surface area contributed by atoms with Crippen LogP contribution in [-0.4, -0.2) is 49.5 Å². The molecule has 3 rings (SSSR count). The van der Waals surface area contributed by atoms with E-state index in [1.54, 1.807) is 7.05 Å². The fraction of sp³-hybridized carbons (Fsp3) is 0.556. The van der Waals surface area contributed by atoms with Gasteiger partial charge in [0.05, 0.1) is 6.54 Å².